The van der Waals surface area contributed by atoms with Crippen molar-refractivity contribution < 1.29 is 13.6 Å². The molecule has 1 fully saturated rings. The van der Waals surface area contributed by atoms with E-state index in [9.17, 15) is 13.6 Å². The van der Waals surface area contributed by atoms with Crippen LogP contribution >= 0.6 is 0 Å². The number of carbonyl (C=O) groups excluding carboxylic acids is 1. The fourth-order valence-corrected chi connectivity index (χ4v) is 2.47. The van der Waals surface area contributed by atoms with Crippen molar-refractivity contribution >= 4 is 5.91 Å². The second-order valence-corrected chi connectivity index (χ2v) is 5.00. The van der Waals surface area contributed by atoms with Crippen LogP contribution in [-0.4, -0.2) is 11.9 Å². The average molecular weight is 253 g/mol. The Morgan fingerprint density at radius 1 is 1.17 bits per heavy atom. The van der Waals surface area contributed by atoms with E-state index in [4.69, 9.17) is 0 Å². The second kappa shape index (κ2) is 5.46. The summed E-state index contributed by atoms with van der Waals surface area (Å²) in [6.07, 6.45) is 4.29. The molecule has 0 heterocycles. The molecule has 0 aliphatic heterocycles. The summed E-state index contributed by atoms with van der Waals surface area (Å²) in [5.41, 5.74) is 0.0465. The number of rotatable bonds is 2. The van der Waals surface area contributed by atoms with Gasteiger partial charge in [-0.1, -0.05) is 19.8 Å². The Bertz CT molecular complexity index is 427. The quantitative estimate of drug-likeness (QED) is 0.861. The van der Waals surface area contributed by atoms with Gasteiger partial charge in [-0.05, 0) is 30.9 Å². The molecule has 1 saturated carbocycles. The van der Waals surface area contributed by atoms with Gasteiger partial charge >= 0.3 is 0 Å². The van der Waals surface area contributed by atoms with Crippen molar-refractivity contribution in [3.63, 3.8) is 0 Å². The minimum absolute atomic E-state index is 0.0465. The van der Waals surface area contributed by atoms with Gasteiger partial charge in [-0.15, -0.1) is 0 Å². The SMILES string of the molecule is C[C@H]1CCCC[C@H]1NC(=O)c1cc(F)cc(F)c1. The summed E-state index contributed by atoms with van der Waals surface area (Å²) in [6.45, 7) is 2.09. The predicted octanol–water partition coefficient (Wildman–Crippen LogP) is 3.27. The first-order chi connectivity index (χ1) is 8.56. The van der Waals surface area contributed by atoms with Gasteiger partial charge < -0.3 is 5.32 Å². The highest BCUT2D eigenvalue weighted by molar-refractivity contribution is 5.94. The molecular weight excluding hydrogens is 236 g/mol. The van der Waals surface area contributed by atoms with E-state index in [1.54, 1.807) is 0 Å². The van der Waals surface area contributed by atoms with Crippen LogP contribution in [0.1, 0.15) is 43.0 Å². The molecule has 98 valence electrons. The average Bonchev–Trinajstić information content (AvgIpc) is 2.31. The molecule has 2 rings (SSSR count). The van der Waals surface area contributed by atoms with Gasteiger partial charge in [0.25, 0.3) is 5.91 Å². The van der Waals surface area contributed by atoms with Crippen molar-refractivity contribution in [1.82, 2.24) is 5.32 Å². The molecule has 0 aromatic heterocycles. The molecule has 1 amide bonds. The van der Waals surface area contributed by atoms with Crippen molar-refractivity contribution in [2.24, 2.45) is 5.92 Å². The maximum Gasteiger partial charge on any atom is 0.251 e. The van der Waals surface area contributed by atoms with E-state index in [2.05, 4.69) is 12.2 Å². The summed E-state index contributed by atoms with van der Waals surface area (Å²) in [6, 6.07) is 3.00. The first-order valence-electron chi connectivity index (χ1n) is 6.33. The van der Waals surface area contributed by atoms with Crippen molar-refractivity contribution in [2.75, 3.05) is 0 Å². The monoisotopic (exact) mass is 253 g/mol. The lowest BCUT2D eigenvalue weighted by Gasteiger charge is -2.29. The van der Waals surface area contributed by atoms with Gasteiger partial charge in [0.2, 0.25) is 0 Å². The lowest BCUT2D eigenvalue weighted by molar-refractivity contribution is 0.0909. The molecule has 0 radical (unpaired) electrons. The predicted molar refractivity (Wildman–Crippen MR) is 65.2 cm³/mol. The third kappa shape index (κ3) is 3.06. The van der Waals surface area contributed by atoms with Crippen molar-refractivity contribution in [1.29, 1.82) is 0 Å². The summed E-state index contributed by atoms with van der Waals surface area (Å²) in [5, 5.41) is 2.87. The summed E-state index contributed by atoms with van der Waals surface area (Å²) in [7, 11) is 0. The highest BCUT2D eigenvalue weighted by atomic mass is 19.1. The van der Waals surface area contributed by atoms with Crippen LogP contribution in [0.15, 0.2) is 18.2 Å². The first kappa shape index (κ1) is 13.0. The van der Waals surface area contributed by atoms with Crippen molar-refractivity contribution in [3.8, 4) is 0 Å². The highest BCUT2D eigenvalue weighted by Gasteiger charge is 2.23. The maximum atomic E-state index is 13.0. The number of amides is 1. The van der Waals surface area contributed by atoms with Crippen LogP contribution in [0.3, 0.4) is 0 Å². The third-order valence-electron chi connectivity index (χ3n) is 3.55. The van der Waals surface area contributed by atoms with Crippen LogP contribution in [0.5, 0.6) is 0 Å². The van der Waals surface area contributed by atoms with E-state index < -0.39 is 17.5 Å². The zero-order chi connectivity index (χ0) is 13.1. The normalized spacial score (nSPS) is 23.7. The molecule has 1 aliphatic rings. The third-order valence-corrected chi connectivity index (χ3v) is 3.55. The van der Waals surface area contributed by atoms with Gasteiger partial charge in [0.15, 0.2) is 0 Å². The lowest BCUT2D eigenvalue weighted by atomic mass is 9.86. The van der Waals surface area contributed by atoms with Gasteiger partial charge in [-0.2, -0.15) is 0 Å². The minimum atomic E-state index is -0.725. The Kier molecular flexibility index (Phi) is 3.94. The van der Waals surface area contributed by atoms with Crippen LogP contribution in [0.4, 0.5) is 8.78 Å². The van der Waals surface area contributed by atoms with E-state index in [-0.39, 0.29) is 11.6 Å². The molecule has 0 unspecified atom stereocenters. The van der Waals surface area contributed by atoms with E-state index in [1.165, 1.54) is 6.42 Å². The molecule has 0 saturated heterocycles. The maximum absolute atomic E-state index is 13.0. The smallest absolute Gasteiger partial charge is 0.251 e. The van der Waals surface area contributed by atoms with Gasteiger partial charge in [0, 0.05) is 17.7 Å². The molecule has 2 atom stereocenters. The largest absolute Gasteiger partial charge is 0.349 e. The molecule has 4 heteroatoms. The summed E-state index contributed by atoms with van der Waals surface area (Å²) in [4.78, 5) is 11.9. The van der Waals surface area contributed by atoms with Gasteiger partial charge in [-0.3, -0.25) is 4.79 Å². The molecule has 18 heavy (non-hydrogen) atoms. The zero-order valence-electron chi connectivity index (χ0n) is 10.4. The minimum Gasteiger partial charge on any atom is -0.349 e. The molecule has 1 aromatic carbocycles. The zero-order valence-corrected chi connectivity index (χ0v) is 10.4. The second-order valence-electron chi connectivity index (χ2n) is 5.00. The molecule has 0 spiro atoms. The van der Waals surface area contributed by atoms with Crippen LogP contribution in [0.25, 0.3) is 0 Å². The highest BCUT2D eigenvalue weighted by Crippen LogP contribution is 2.24. The number of carbonyl (C=O) groups is 1. The summed E-state index contributed by atoms with van der Waals surface area (Å²) in [5.74, 6) is -1.43. The van der Waals surface area contributed by atoms with Gasteiger partial charge in [-0.25, -0.2) is 8.78 Å². The number of benzene rings is 1. The molecule has 1 N–H and O–H groups in total. The number of nitrogens with one attached hydrogen (secondary N) is 1. The van der Waals surface area contributed by atoms with E-state index in [1.807, 2.05) is 0 Å². The fraction of sp³-hybridized carbons (Fsp3) is 0.500. The Balaban J connectivity index is 2.06. The standard InChI is InChI=1S/C14H17F2NO/c1-9-4-2-3-5-13(9)17-14(18)10-6-11(15)8-12(16)7-10/h6-9,13H,2-5H2,1H3,(H,17,18)/t9-,13+/m0/s1. The Labute approximate surface area is 105 Å². The summed E-state index contributed by atoms with van der Waals surface area (Å²) >= 11 is 0. The summed E-state index contributed by atoms with van der Waals surface area (Å²) < 4.78 is 26.0. The Morgan fingerprint density at radius 3 is 2.39 bits per heavy atom. The van der Waals surface area contributed by atoms with E-state index in [0.29, 0.717) is 5.92 Å². The number of hydrogen-bond donors (Lipinski definition) is 1. The van der Waals surface area contributed by atoms with Crippen LogP contribution in [0, 0.1) is 17.6 Å². The van der Waals surface area contributed by atoms with E-state index >= 15 is 0 Å². The van der Waals surface area contributed by atoms with Crippen LogP contribution in [0.2, 0.25) is 0 Å². The molecule has 0 bridgehead atoms. The van der Waals surface area contributed by atoms with Gasteiger partial charge in [0.1, 0.15) is 11.6 Å². The number of halogens is 2. The van der Waals surface area contributed by atoms with Crippen molar-refractivity contribution in [3.05, 3.63) is 35.4 Å². The van der Waals surface area contributed by atoms with Crippen molar-refractivity contribution in [2.45, 2.75) is 38.6 Å². The van der Waals surface area contributed by atoms with Crippen LogP contribution in [-0.2, 0) is 0 Å². The first-order valence-corrected chi connectivity index (χ1v) is 6.33. The van der Waals surface area contributed by atoms with Gasteiger partial charge in [0.05, 0.1) is 0 Å². The molecule has 2 nitrogen and oxygen atoms in total. The fourth-order valence-electron chi connectivity index (χ4n) is 2.47. The van der Waals surface area contributed by atoms with E-state index in [0.717, 1.165) is 37.5 Å². The van der Waals surface area contributed by atoms with Crippen LogP contribution < -0.4 is 5.32 Å². The Hall–Kier alpha value is -1.45. The lowest BCUT2D eigenvalue weighted by Crippen LogP contribution is -2.41. The molecule has 1 aromatic rings. The molecule has 1 aliphatic carbocycles. The Morgan fingerprint density at radius 2 is 1.78 bits per heavy atom. The topological polar surface area (TPSA) is 29.1 Å². The number of hydrogen-bond acceptors (Lipinski definition) is 1. The molecular formula is C14H17F2NO.